The fraction of sp³-hybridized carbons (Fsp3) is 0.917. The second kappa shape index (κ2) is 4.78. The molecule has 76 valence electrons. The van der Waals surface area contributed by atoms with Crippen LogP contribution in [0.15, 0.2) is 0 Å². The van der Waals surface area contributed by atoms with Gasteiger partial charge in [0.15, 0.2) is 0 Å². The van der Waals surface area contributed by atoms with E-state index in [1.54, 1.807) is 0 Å². The Bertz CT molecular complexity index is 174. The van der Waals surface area contributed by atoms with Crippen molar-refractivity contribution in [3.8, 4) is 0 Å². The summed E-state index contributed by atoms with van der Waals surface area (Å²) in [4.78, 5) is 11.7. The molecule has 13 heavy (non-hydrogen) atoms. The van der Waals surface area contributed by atoms with Crippen molar-refractivity contribution >= 4 is 5.78 Å². The summed E-state index contributed by atoms with van der Waals surface area (Å²) in [5.41, 5.74) is 0. The first-order valence-electron chi connectivity index (χ1n) is 5.67. The Balaban J connectivity index is 2.49. The van der Waals surface area contributed by atoms with E-state index in [0.717, 1.165) is 25.2 Å². The highest BCUT2D eigenvalue weighted by molar-refractivity contribution is 5.81. The first-order valence-corrected chi connectivity index (χ1v) is 5.67. The van der Waals surface area contributed by atoms with Crippen LogP contribution in [0.2, 0.25) is 0 Å². The lowest BCUT2D eigenvalue weighted by molar-refractivity contribution is -0.127. The molecule has 0 spiro atoms. The summed E-state index contributed by atoms with van der Waals surface area (Å²) in [7, 11) is 0. The Morgan fingerprint density at radius 2 is 2.23 bits per heavy atom. The SMILES string of the molecule is CCCC(C)C1CC(C)CCC1=O. The average molecular weight is 182 g/mol. The summed E-state index contributed by atoms with van der Waals surface area (Å²) in [6.07, 6.45) is 5.51. The van der Waals surface area contributed by atoms with Crippen LogP contribution in [0.3, 0.4) is 0 Å². The van der Waals surface area contributed by atoms with Crippen molar-refractivity contribution in [1.29, 1.82) is 0 Å². The molecule has 1 saturated carbocycles. The Labute approximate surface area is 81.9 Å². The van der Waals surface area contributed by atoms with Crippen LogP contribution in [0.25, 0.3) is 0 Å². The maximum Gasteiger partial charge on any atom is 0.136 e. The summed E-state index contributed by atoms with van der Waals surface area (Å²) in [6.45, 7) is 6.72. The van der Waals surface area contributed by atoms with E-state index in [-0.39, 0.29) is 0 Å². The third-order valence-corrected chi connectivity index (χ3v) is 3.38. The highest BCUT2D eigenvalue weighted by atomic mass is 16.1. The fourth-order valence-corrected chi connectivity index (χ4v) is 2.46. The molecule has 1 heteroatoms. The molecular formula is C12H22O. The molecule has 1 aliphatic carbocycles. The Morgan fingerprint density at radius 1 is 1.54 bits per heavy atom. The van der Waals surface area contributed by atoms with Gasteiger partial charge in [-0.15, -0.1) is 0 Å². The van der Waals surface area contributed by atoms with Gasteiger partial charge in [0.25, 0.3) is 0 Å². The molecule has 0 amide bonds. The molecule has 0 aliphatic heterocycles. The molecule has 0 heterocycles. The number of ketones is 1. The minimum atomic E-state index is 0.378. The van der Waals surface area contributed by atoms with Crippen LogP contribution < -0.4 is 0 Å². The predicted octanol–water partition coefficient (Wildman–Crippen LogP) is 3.43. The van der Waals surface area contributed by atoms with Crippen LogP contribution in [-0.2, 0) is 4.79 Å². The molecule has 1 aliphatic rings. The maximum atomic E-state index is 11.7. The van der Waals surface area contributed by atoms with Crippen LogP contribution in [-0.4, -0.2) is 5.78 Å². The predicted molar refractivity (Wildman–Crippen MR) is 55.6 cm³/mol. The van der Waals surface area contributed by atoms with Gasteiger partial charge >= 0.3 is 0 Å². The maximum absolute atomic E-state index is 11.7. The minimum absolute atomic E-state index is 0.378. The largest absolute Gasteiger partial charge is 0.299 e. The van der Waals surface area contributed by atoms with Crippen LogP contribution in [0.4, 0.5) is 0 Å². The number of rotatable bonds is 3. The van der Waals surface area contributed by atoms with E-state index >= 15 is 0 Å². The highest BCUT2D eigenvalue weighted by Crippen LogP contribution is 2.32. The number of carbonyl (C=O) groups excluding carboxylic acids is 1. The van der Waals surface area contributed by atoms with Gasteiger partial charge in [-0.25, -0.2) is 0 Å². The number of carbonyl (C=O) groups is 1. The molecule has 1 nitrogen and oxygen atoms in total. The molecule has 0 bridgehead atoms. The van der Waals surface area contributed by atoms with Gasteiger partial charge in [-0.1, -0.05) is 33.6 Å². The fourth-order valence-electron chi connectivity index (χ4n) is 2.46. The Hall–Kier alpha value is -0.330. The lowest BCUT2D eigenvalue weighted by Gasteiger charge is -2.29. The van der Waals surface area contributed by atoms with Gasteiger partial charge in [-0.3, -0.25) is 4.79 Å². The molecule has 0 aromatic heterocycles. The zero-order valence-electron chi connectivity index (χ0n) is 9.18. The van der Waals surface area contributed by atoms with Gasteiger partial charge in [-0.05, 0) is 24.7 Å². The minimum Gasteiger partial charge on any atom is -0.299 e. The second-order valence-corrected chi connectivity index (χ2v) is 4.72. The van der Waals surface area contributed by atoms with Crippen molar-refractivity contribution in [2.75, 3.05) is 0 Å². The smallest absolute Gasteiger partial charge is 0.136 e. The van der Waals surface area contributed by atoms with E-state index in [1.165, 1.54) is 12.8 Å². The van der Waals surface area contributed by atoms with Crippen molar-refractivity contribution in [1.82, 2.24) is 0 Å². The normalized spacial score (nSPS) is 31.8. The molecule has 3 atom stereocenters. The molecule has 1 rings (SSSR count). The van der Waals surface area contributed by atoms with Gasteiger partial charge in [0.05, 0.1) is 0 Å². The van der Waals surface area contributed by atoms with Gasteiger partial charge in [0.1, 0.15) is 5.78 Å². The number of hydrogen-bond donors (Lipinski definition) is 0. The second-order valence-electron chi connectivity index (χ2n) is 4.72. The summed E-state index contributed by atoms with van der Waals surface area (Å²) in [5, 5.41) is 0. The molecule has 3 unspecified atom stereocenters. The van der Waals surface area contributed by atoms with E-state index in [0.29, 0.717) is 17.6 Å². The summed E-state index contributed by atoms with van der Waals surface area (Å²) in [5.74, 6) is 2.28. The topological polar surface area (TPSA) is 17.1 Å². The molecule has 0 aromatic rings. The van der Waals surface area contributed by atoms with E-state index in [1.807, 2.05) is 0 Å². The summed E-state index contributed by atoms with van der Waals surface area (Å²) >= 11 is 0. The molecule has 0 radical (unpaired) electrons. The monoisotopic (exact) mass is 182 g/mol. The zero-order chi connectivity index (χ0) is 9.84. The van der Waals surface area contributed by atoms with Gasteiger partial charge in [0, 0.05) is 12.3 Å². The standard InChI is InChI=1S/C12H22O/c1-4-5-10(3)11-8-9(2)6-7-12(11)13/h9-11H,4-8H2,1-3H3. The lowest BCUT2D eigenvalue weighted by Crippen LogP contribution is -2.28. The Morgan fingerprint density at radius 3 is 2.85 bits per heavy atom. The summed E-state index contributed by atoms with van der Waals surface area (Å²) < 4.78 is 0. The Kier molecular flexibility index (Phi) is 3.95. The van der Waals surface area contributed by atoms with Crippen molar-refractivity contribution in [2.24, 2.45) is 17.8 Å². The molecule has 0 N–H and O–H groups in total. The van der Waals surface area contributed by atoms with E-state index < -0.39 is 0 Å². The van der Waals surface area contributed by atoms with Gasteiger partial charge in [0.2, 0.25) is 0 Å². The highest BCUT2D eigenvalue weighted by Gasteiger charge is 2.29. The van der Waals surface area contributed by atoms with E-state index in [2.05, 4.69) is 20.8 Å². The van der Waals surface area contributed by atoms with Crippen molar-refractivity contribution < 1.29 is 4.79 Å². The van der Waals surface area contributed by atoms with Crippen LogP contribution >= 0.6 is 0 Å². The first kappa shape index (κ1) is 10.7. The lowest BCUT2D eigenvalue weighted by atomic mass is 9.74. The third-order valence-electron chi connectivity index (χ3n) is 3.38. The average Bonchev–Trinajstić information content (AvgIpc) is 2.09. The first-order chi connectivity index (χ1) is 6.15. The number of hydrogen-bond acceptors (Lipinski definition) is 1. The third kappa shape index (κ3) is 2.82. The molecule has 0 aromatic carbocycles. The van der Waals surface area contributed by atoms with Crippen LogP contribution in [0.5, 0.6) is 0 Å². The quantitative estimate of drug-likeness (QED) is 0.653. The zero-order valence-corrected chi connectivity index (χ0v) is 9.18. The van der Waals surface area contributed by atoms with Crippen LogP contribution in [0.1, 0.15) is 52.9 Å². The summed E-state index contributed by atoms with van der Waals surface area (Å²) in [6, 6.07) is 0. The van der Waals surface area contributed by atoms with E-state index in [9.17, 15) is 4.79 Å². The van der Waals surface area contributed by atoms with Crippen molar-refractivity contribution in [2.45, 2.75) is 52.9 Å². The number of Topliss-reactive ketones (excluding diaryl/α,β-unsaturated/α-hetero) is 1. The van der Waals surface area contributed by atoms with Crippen LogP contribution in [0, 0.1) is 17.8 Å². The van der Waals surface area contributed by atoms with Gasteiger partial charge < -0.3 is 0 Å². The van der Waals surface area contributed by atoms with Gasteiger partial charge in [-0.2, -0.15) is 0 Å². The van der Waals surface area contributed by atoms with Crippen molar-refractivity contribution in [3.63, 3.8) is 0 Å². The molecular weight excluding hydrogens is 160 g/mol. The van der Waals surface area contributed by atoms with E-state index in [4.69, 9.17) is 0 Å². The molecule has 1 fully saturated rings. The van der Waals surface area contributed by atoms with Crippen molar-refractivity contribution in [3.05, 3.63) is 0 Å². The molecule has 0 saturated heterocycles.